The monoisotopic (exact) mass is 226 g/mol. The zero-order valence-corrected chi connectivity index (χ0v) is 9.73. The molecule has 1 aliphatic rings. The molecule has 3 rings (SSSR count). The standard InChI is InChI=1S/C14H14N2O/c1-9-7-8-11-12(9)15-13(16-14(11)17)10-5-3-2-4-6-10/h2-6,9H,7-8H2,1H3,(H,15,16,17). The summed E-state index contributed by atoms with van der Waals surface area (Å²) in [6.07, 6.45) is 1.89. The fourth-order valence-corrected chi connectivity index (χ4v) is 2.39. The molecule has 0 saturated carbocycles. The van der Waals surface area contributed by atoms with Crippen LogP contribution in [0.15, 0.2) is 35.1 Å². The predicted octanol–water partition coefficient (Wildman–Crippen LogP) is 2.49. The van der Waals surface area contributed by atoms with Gasteiger partial charge in [-0.2, -0.15) is 0 Å². The molecule has 1 aliphatic carbocycles. The van der Waals surface area contributed by atoms with E-state index in [0.29, 0.717) is 11.7 Å². The van der Waals surface area contributed by atoms with Gasteiger partial charge in [0.05, 0.1) is 5.69 Å². The van der Waals surface area contributed by atoms with Crippen molar-refractivity contribution in [2.24, 2.45) is 0 Å². The van der Waals surface area contributed by atoms with Crippen LogP contribution in [0.5, 0.6) is 0 Å². The van der Waals surface area contributed by atoms with Gasteiger partial charge < -0.3 is 4.98 Å². The molecular weight excluding hydrogens is 212 g/mol. The lowest BCUT2D eigenvalue weighted by Gasteiger charge is -2.06. The minimum absolute atomic E-state index is 0.0261. The lowest BCUT2D eigenvalue weighted by molar-refractivity contribution is 0.731. The second-order valence-corrected chi connectivity index (χ2v) is 4.58. The normalized spacial score (nSPS) is 18.1. The molecular formula is C14H14N2O. The highest BCUT2D eigenvalue weighted by atomic mass is 16.1. The van der Waals surface area contributed by atoms with E-state index in [-0.39, 0.29) is 5.56 Å². The maximum absolute atomic E-state index is 12.0. The number of aromatic amines is 1. The van der Waals surface area contributed by atoms with Gasteiger partial charge in [-0.05, 0) is 18.8 Å². The van der Waals surface area contributed by atoms with Gasteiger partial charge in [0.15, 0.2) is 0 Å². The van der Waals surface area contributed by atoms with Crippen molar-refractivity contribution in [3.8, 4) is 11.4 Å². The van der Waals surface area contributed by atoms with Crippen LogP contribution in [0.25, 0.3) is 11.4 Å². The average Bonchev–Trinajstić information content (AvgIpc) is 2.73. The lowest BCUT2D eigenvalue weighted by atomic mass is 10.1. The molecule has 2 aromatic rings. The molecule has 1 aromatic heterocycles. The molecule has 0 radical (unpaired) electrons. The number of rotatable bonds is 1. The summed E-state index contributed by atoms with van der Waals surface area (Å²) < 4.78 is 0. The van der Waals surface area contributed by atoms with Crippen LogP contribution in [0.2, 0.25) is 0 Å². The summed E-state index contributed by atoms with van der Waals surface area (Å²) in [7, 11) is 0. The van der Waals surface area contributed by atoms with Gasteiger partial charge >= 0.3 is 0 Å². The number of fused-ring (bicyclic) bond motifs is 1. The van der Waals surface area contributed by atoms with Crippen molar-refractivity contribution in [2.45, 2.75) is 25.7 Å². The molecule has 1 N–H and O–H groups in total. The summed E-state index contributed by atoms with van der Waals surface area (Å²) in [4.78, 5) is 19.4. The maximum atomic E-state index is 12.0. The van der Waals surface area contributed by atoms with E-state index < -0.39 is 0 Å². The molecule has 1 aromatic carbocycles. The molecule has 0 bridgehead atoms. The predicted molar refractivity (Wildman–Crippen MR) is 67.0 cm³/mol. The summed E-state index contributed by atoms with van der Waals surface area (Å²) >= 11 is 0. The molecule has 1 heterocycles. The third-order valence-electron chi connectivity index (χ3n) is 3.39. The fraction of sp³-hybridized carbons (Fsp3) is 0.286. The highest BCUT2D eigenvalue weighted by Crippen LogP contribution is 2.29. The number of benzene rings is 1. The first-order valence-electron chi connectivity index (χ1n) is 5.94. The van der Waals surface area contributed by atoms with Gasteiger partial charge in [0, 0.05) is 11.1 Å². The minimum atomic E-state index is 0.0261. The molecule has 1 unspecified atom stereocenters. The van der Waals surface area contributed by atoms with Gasteiger partial charge in [-0.15, -0.1) is 0 Å². The smallest absolute Gasteiger partial charge is 0.254 e. The summed E-state index contributed by atoms with van der Waals surface area (Å²) in [6, 6.07) is 9.78. The molecule has 17 heavy (non-hydrogen) atoms. The fourth-order valence-electron chi connectivity index (χ4n) is 2.39. The van der Waals surface area contributed by atoms with Gasteiger partial charge in [-0.3, -0.25) is 4.79 Å². The Bertz CT molecular complexity index is 601. The van der Waals surface area contributed by atoms with Crippen molar-refractivity contribution in [1.82, 2.24) is 9.97 Å². The van der Waals surface area contributed by atoms with E-state index in [0.717, 1.165) is 29.7 Å². The molecule has 0 saturated heterocycles. The summed E-state index contributed by atoms with van der Waals surface area (Å²) in [5, 5.41) is 0. The van der Waals surface area contributed by atoms with E-state index in [9.17, 15) is 4.79 Å². The van der Waals surface area contributed by atoms with Gasteiger partial charge in [-0.25, -0.2) is 4.98 Å². The molecule has 0 aliphatic heterocycles. The van der Waals surface area contributed by atoms with Crippen LogP contribution in [0, 0.1) is 0 Å². The van der Waals surface area contributed by atoms with Crippen molar-refractivity contribution in [3.05, 3.63) is 51.9 Å². The Morgan fingerprint density at radius 2 is 2.06 bits per heavy atom. The Balaban J connectivity index is 2.18. The molecule has 1 atom stereocenters. The molecule has 0 spiro atoms. The van der Waals surface area contributed by atoms with Crippen LogP contribution >= 0.6 is 0 Å². The van der Waals surface area contributed by atoms with Gasteiger partial charge in [-0.1, -0.05) is 37.3 Å². The van der Waals surface area contributed by atoms with Crippen LogP contribution in [-0.2, 0) is 6.42 Å². The maximum Gasteiger partial charge on any atom is 0.254 e. The van der Waals surface area contributed by atoms with Gasteiger partial charge in [0.2, 0.25) is 0 Å². The van der Waals surface area contributed by atoms with Crippen molar-refractivity contribution < 1.29 is 0 Å². The first kappa shape index (κ1) is 10.3. The molecule has 0 fully saturated rings. The zero-order chi connectivity index (χ0) is 11.8. The first-order valence-corrected chi connectivity index (χ1v) is 5.94. The Morgan fingerprint density at radius 3 is 2.82 bits per heavy atom. The van der Waals surface area contributed by atoms with Crippen molar-refractivity contribution in [1.29, 1.82) is 0 Å². The first-order chi connectivity index (χ1) is 8.25. The highest BCUT2D eigenvalue weighted by Gasteiger charge is 2.23. The summed E-state index contributed by atoms with van der Waals surface area (Å²) in [5.41, 5.74) is 2.84. The van der Waals surface area contributed by atoms with E-state index in [1.165, 1.54) is 0 Å². The number of hydrogen-bond donors (Lipinski definition) is 1. The number of nitrogens with zero attached hydrogens (tertiary/aromatic N) is 1. The molecule has 3 heteroatoms. The Morgan fingerprint density at radius 1 is 1.29 bits per heavy atom. The quantitative estimate of drug-likeness (QED) is 0.812. The second-order valence-electron chi connectivity index (χ2n) is 4.58. The lowest BCUT2D eigenvalue weighted by Crippen LogP contribution is -2.15. The topological polar surface area (TPSA) is 45.8 Å². The van der Waals surface area contributed by atoms with Crippen molar-refractivity contribution >= 4 is 0 Å². The van der Waals surface area contributed by atoms with Gasteiger partial charge in [0.25, 0.3) is 5.56 Å². The summed E-state index contributed by atoms with van der Waals surface area (Å²) in [5.74, 6) is 1.08. The Kier molecular flexibility index (Phi) is 2.32. The highest BCUT2D eigenvalue weighted by molar-refractivity contribution is 5.55. The number of hydrogen-bond acceptors (Lipinski definition) is 2. The SMILES string of the molecule is CC1CCc2c1nc(-c1ccccc1)[nH]c2=O. The van der Waals surface area contributed by atoms with E-state index in [2.05, 4.69) is 16.9 Å². The number of nitrogens with one attached hydrogen (secondary N) is 1. The van der Waals surface area contributed by atoms with E-state index in [1.54, 1.807) is 0 Å². The number of aromatic nitrogens is 2. The van der Waals surface area contributed by atoms with E-state index in [4.69, 9.17) is 0 Å². The minimum Gasteiger partial charge on any atom is -0.306 e. The second kappa shape index (κ2) is 3.84. The van der Waals surface area contributed by atoms with Gasteiger partial charge in [0.1, 0.15) is 5.82 Å². The third kappa shape index (κ3) is 1.68. The van der Waals surface area contributed by atoms with Crippen LogP contribution in [0.4, 0.5) is 0 Å². The Labute approximate surface area is 99.5 Å². The van der Waals surface area contributed by atoms with Crippen molar-refractivity contribution in [3.63, 3.8) is 0 Å². The summed E-state index contributed by atoms with van der Waals surface area (Å²) in [6.45, 7) is 2.13. The molecule has 0 amide bonds. The molecule has 86 valence electrons. The zero-order valence-electron chi connectivity index (χ0n) is 9.73. The average molecular weight is 226 g/mol. The van der Waals surface area contributed by atoms with Crippen molar-refractivity contribution in [2.75, 3.05) is 0 Å². The van der Waals surface area contributed by atoms with E-state index in [1.807, 2.05) is 30.3 Å². The van der Waals surface area contributed by atoms with Crippen LogP contribution in [0.1, 0.15) is 30.5 Å². The Hall–Kier alpha value is -1.90. The van der Waals surface area contributed by atoms with Crippen LogP contribution in [0.3, 0.4) is 0 Å². The number of H-pyrrole nitrogens is 1. The van der Waals surface area contributed by atoms with Crippen LogP contribution in [-0.4, -0.2) is 9.97 Å². The largest absolute Gasteiger partial charge is 0.306 e. The molecule has 3 nitrogen and oxygen atoms in total. The van der Waals surface area contributed by atoms with E-state index >= 15 is 0 Å². The third-order valence-corrected chi connectivity index (χ3v) is 3.39. The van der Waals surface area contributed by atoms with Crippen LogP contribution < -0.4 is 5.56 Å².